The van der Waals surface area contributed by atoms with Crippen molar-refractivity contribution in [2.75, 3.05) is 5.73 Å². The minimum atomic E-state index is -4.41. The SMILES string of the molecule is Cc1ccc(N)cc1C(=O)NC1(c2cccc(C(F)(F)F)c2)CCC1. The fourth-order valence-electron chi connectivity index (χ4n) is 3.18. The van der Waals surface area contributed by atoms with E-state index in [4.69, 9.17) is 5.73 Å². The molecule has 0 heterocycles. The first kappa shape index (κ1) is 17.3. The highest BCUT2D eigenvalue weighted by Gasteiger charge is 2.41. The summed E-state index contributed by atoms with van der Waals surface area (Å²) >= 11 is 0. The minimum Gasteiger partial charge on any atom is -0.399 e. The van der Waals surface area contributed by atoms with Crippen LogP contribution >= 0.6 is 0 Å². The summed E-state index contributed by atoms with van der Waals surface area (Å²) in [5.74, 6) is -0.318. The number of carbonyl (C=O) groups is 1. The third kappa shape index (κ3) is 3.34. The van der Waals surface area contributed by atoms with Gasteiger partial charge in [0.1, 0.15) is 0 Å². The summed E-state index contributed by atoms with van der Waals surface area (Å²) in [4.78, 5) is 12.7. The van der Waals surface area contributed by atoms with Crippen molar-refractivity contribution in [3.63, 3.8) is 0 Å². The zero-order chi connectivity index (χ0) is 18.2. The average Bonchev–Trinajstić information content (AvgIpc) is 2.52. The minimum absolute atomic E-state index is 0.318. The number of carbonyl (C=O) groups excluding carboxylic acids is 1. The van der Waals surface area contributed by atoms with Crippen molar-refractivity contribution in [1.82, 2.24) is 5.32 Å². The van der Waals surface area contributed by atoms with Gasteiger partial charge >= 0.3 is 6.18 Å². The molecule has 1 aliphatic rings. The molecule has 1 amide bonds. The highest BCUT2D eigenvalue weighted by Crippen LogP contribution is 2.43. The Kier molecular flexibility index (Phi) is 4.22. The maximum absolute atomic E-state index is 13.0. The molecule has 2 aromatic carbocycles. The molecule has 3 nitrogen and oxygen atoms in total. The zero-order valence-corrected chi connectivity index (χ0v) is 13.8. The van der Waals surface area contributed by atoms with Crippen LogP contribution in [0.25, 0.3) is 0 Å². The normalized spacial score (nSPS) is 16.2. The first-order valence-corrected chi connectivity index (χ1v) is 8.08. The number of nitrogens with one attached hydrogen (secondary N) is 1. The van der Waals surface area contributed by atoms with E-state index in [1.54, 1.807) is 31.2 Å². The van der Waals surface area contributed by atoms with E-state index in [9.17, 15) is 18.0 Å². The van der Waals surface area contributed by atoms with E-state index in [0.717, 1.165) is 24.1 Å². The van der Waals surface area contributed by atoms with Crippen molar-refractivity contribution in [3.05, 3.63) is 64.7 Å². The van der Waals surface area contributed by atoms with E-state index in [1.807, 2.05) is 0 Å². The van der Waals surface area contributed by atoms with Gasteiger partial charge in [-0.1, -0.05) is 18.2 Å². The van der Waals surface area contributed by atoms with Gasteiger partial charge in [0.05, 0.1) is 11.1 Å². The van der Waals surface area contributed by atoms with Gasteiger partial charge in [-0.3, -0.25) is 4.79 Å². The van der Waals surface area contributed by atoms with E-state index >= 15 is 0 Å². The number of aryl methyl sites for hydroxylation is 1. The number of nitrogen functional groups attached to an aromatic ring is 1. The van der Waals surface area contributed by atoms with Gasteiger partial charge in [-0.05, 0) is 61.6 Å². The molecular formula is C19H19F3N2O. The maximum atomic E-state index is 13.0. The Balaban J connectivity index is 1.92. The van der Waals surface area contributed by atoms with Crippen molar-refractivity contribution in [3.8, 4) is 0 Å². The Morgan fingerprint density at radius 3 is 2.48 bits per heavy atom. The topological polar surface area (TPSA) is 55.1 Å². The molecule has 0 saturated heterocycles. The van der Waals surface area contributed by atoms with Crippen LogP contribution in [-0.2, 0) is 11.7 Å². The third-order valence-electron chi connectivity index (χ3n) is 4.81. The lowest BCUT2D eigenvalue weighted by Gasteiger charge is -2.43. The van der Waals surface area contributed by atoms with Crippen molar-refractivity contribution in [2.45, 2.75) is 37.9 Å². The number of benzene rings is 2. The molecule has 0 aliphatic heterocycles. The monoisotopic (exact) mass is 348 g/mol. The second kappa shape index (κ2) is 6.10. The van der Waals surface area contributed by atoms with E-state index in [-0.39, 0.29) is 5.91 Å². The number of anilines is 1. The fraction of sp³-hybridized carbons (Fsp3) is 0.316. The fourth-order valence-corrected chi connectivity index (χ4v) is 3.18. The lowest BCUT2D eigenvalue weighted by molar-refractivity contribution is -0.137. The van der Waals surface area contributed by atoms with Crippen molar-refractivity contribution in [1.29, 1.82) is 0 Å². The van der Waals surface area contributed by atoms with Crippen molar-refractivity contribution >= 4 is 11.6 Å². The summed E-state index contributed by atoms with van der Waals surface area (Å²) in [6.07, 6.45) is -2.33. The second-order valence-electron chi connectivity index (χ2n) is 6.54. The first-order chi connectivity index (χ1) is 11.7. The van der Waals surface area contributed by atoms with Crippen LogP contribution in [0.4, 0.5) is 18.9 Å². The molecule has 3 N–H and O–H groups in total. The predicted molar refractivity (Wildman–Crippen MR) is 90.0 cm³/mol. The van der Waals surface area contributed by atoms with Crippen LogP contribution in [0.15, 0.2) is 42.5 Å². The van der Waals surface area contributed by atoms with E-state index in [1.165, 1.54) is 6.07 Å². The number of nitrogens with two attached hydrogens (primary N) is 1. The van der Waals surface area contributed by atoms with Crippen LogP contribution in [0.5, 0.6) is 0 Å². The Labute approximate surface area is 144 Å². The molecule has 1 aliphatic carbocycles. The molecule has 0 atom stereocenters. The molecule has 3 rings (SSSR count). The highest BCUT2D eigenvalue weighted by molar-refractivity contribution is 5.97. The molecule has 25 heavy (non-hydrogen) atoms. The Morgan fingerprint density at radius 2 is 1.88 bits per heavy atom. The van der Waals surface area contributed by atoms with Crippen LogP contribution in [0.2, 0.25) is 0 Å². The zero-order valence-electron chi connectivity index (χ0n) is 13.8. The van der Waals surface area contributed by atoms with Crippen LogP contribution < -0.4 is 11.1 Å². The van der Waals surface area contributed by atoms with Gasteiger partial charge in [0.25, 0.3) is 5.91 Å². The molecule has 0 spiro atoms. The number of rotatable bonds is 3. The molecule has 132 valence electrons. The maximum Gasteiger partial charge on any atom is 0.416 e. The molecular weight excluding hydrogens is 329 g/mol. The van der Waals surface area contributed by atoms with E-state index < -0.39 is 17.3 Å². The molecule has 2 aromatic rings. The highest BCUT2D eigenvalue weighted by atomic mass is 19.4. The van der Waals surface area contributed by atoms with Crippen molar-refractivity contribution in [2.24, 2.45) is 0 Å². The summed E-state index contributed by atoms with van der Waals surface area (Å²) in [6, 6.07) is 10.2. The molecule has 0 unspecified atom stereocenters. The molecule has 1 saturated carbocycles. The number of alkyl halides is 3. The predicted octanol–water partition coefficient (Wildman–Crippen LogP) is 4.41. The van der Waals surface area contributed by atoms with Crippen molar-refractivity contribution < 1.29 is 18.0 Å². The number of amides is 1. The largest absolute Gasteiger partial charge is 0.416 e. The van der Waals surface area contributed by atoms with Gasteiger partial charge in [-0.15, -0.1) is 0 Å². The number of halogens is 3. The van der Waals surface area contributed by atoms with E-state index in [0.29, 0.717) is 29.7 Å². The second-order valence-corrected chi connectivity index (χ2v) is 6.54. The van der Waals surface area contributed by atoms with Gasteiger partial charge < -0.3 is 11.1 Å². The lowest BCUT2D eigenvalue weighted by atomic mass is 9.71. The molecule has 0 radical (unpaired) electrons. The smallest absolute Gasteiger partial charge is 0.399 e. The average molecular weight is 348 g/mol. The molecule has 1 fully saturated rings. The van der Waals surface area contributed by atoms with Gasteiger partial charge in [0, 0.05) is 11.3 Å². The molecule has 0 aromatic heterocycles. The summed E-state index contributed by atoms with van der Waals surface area (Å²) in [5.41, 5.74) is 6.46. The van der Waals surface area contributed by atoms with Gasteiger partial charge in [0.15, 0.2) is 0 Å². The Morgan fingerprint density at radius 1 is 1.16 bits per heavy atom. The van der Waals surface area contributed by atoms with Crippen LogP contribution in [0.1, 0.15) is 46.3 Å². The molecule has 6 heteroatoms. The number of hydrogen-bond donors (Lipinski definition) is 2. The van der Waals surface area contributed by atoms with Crippen LogP contribution in [-0.4, -0.2) is 5.91 Å². The lowest BCUT2D eigenvalue weighted by Crippen LogP contribution is -2.51. The first-order valence-electron chi connectivity index (χ1n) is 8.08. The summed E-state index contributed by atoms with van der Waals surface area (Å²) in [6.45, 7) is 1.80. The number of hydrogen-bond acceptors (Lipinski definition) is 2. The quantitative estimate of drug-likeness (QED) is 0.808. The summed E-state index contributed by atoms with van der Waals surface area (Å²) < 4.78 is 39.0. The van der Waals surface area contributed by atoms with E-state index in [2.05, 4.69) is 5.32 Å². The van der Waals surface area contributed by atoms with Crippen LogP contribution in [0, 0.1) is 6.92 Å². The van der Waals surface area contributed by atoms with Gasteiger partial charge in [-0.25, -0.2) is 0 Å². The summed E-state index contributed by atoms with van der Waals surface area (Å²) in [5, 5.41) is 2.95. The standard InChI is InChI=1S/C19H19F3N2O/c1-12-6-7-15(23)11-16(12)17(25)24-18(8-3-9-18)13-4-2-5-14(10-13)19(20,21)22/h2,4-7,10-11H,3,8-9,23H2,1H3,(H,24,25). The Bertz CT molecular complexity index is 811. The summed E-state index contributed by atoms with van der Waals surface area (Å²) in [7, 11) is 0. The van der Waals surface area contributed by atoms with Gasteiger partial charge in [0.2, 0.25) is 0 Å². The van der Waals surface area contributed by atoms with Gasteiger partial charge in [-0.2, -0.15) is 13.2 Å². The third-order valence-corrected chi connectivity index (χ3v) is 4.81. The Hall–Kier alpha value is -2.50. The molecule has 0 bridgehead atoms. The van der Waals surface area contributed by atoms with Crippen LogP contribution in [0.3, 0.4) is 0 Å².